The van der Waals surface area contributed by atoms with Gasteiger partial charge in [0.2, 0.25) is 0 Å². The SMILES string of the molecule is CC(C)Nc1ccccc1C(=O)Nc1ccccc1Cl. The van der Waals surface area contributed by atoms with Gasteiger partial charge in [-0.3, -0.25) is 4.79 Å². The fraction of sp³-hybridized carbons (Fsp3) is 0.188. The highest BCUT2D eigenvalue weighted by Crippen LogP contribution is 2.23. The molecule has 4 heteroatoms. The molecule has 0 aliphatic rings. The third-order valence-corrected chi connectivity index (χ3v) is 3.07. The average Bonchev–Trinajstić information content (AvgIpc) is 2.41. The Morgan fingerprint density at radius 2 is 1.60 bits per heavy atom. The van der Waals surface area contributed by atoms with Gasteiger partial charge in [0.15, 0.2) is 0 Å². The van der Waals surface area contributed by atoms with Crippen molar-refractivity contribution >= 4 is 28.9 Å². The number of carbonyl (C=O) groups is 1. The van der Waals surface area contributed by atoms with Crippen molar-refractivity contribution in [2.45, 2.75) is 19.9 Å². The van der Waals surface area contributed by atoms with E-state index in [9.17, 15) is 4.79 Å². The summed E-state index contributed by atoms with van der Waals surface area (Å²) >= 11 is 6.05. The van der Waals surface area contributed by atoms with Crippen LogP contribution in [0.5, 0.6) is 0 Å². The van der Waals surface area contributed by atoms with E-state index in [1.807, 2.05) is 44.2 Å². The number of amides is 1. The average molecular weight is 289 g/mol. The molecule has 0 spiro atoms. The second-order valence-electron chi connectivity index (χ2n) is 4.78. The normalized spacial score (nSPS) is 10.4. The molecule has 0 fully saturated rings. The maximum atomic E-state index is 12.4. The Labute approximate surface area is 124 Å². The third kappa shape index (κ3) is 3.52. The van der Waals surface area contributed by atoms with Gasteiger partial charge in [-0.1, -0.05) is 35.9 Å². The molecule has 0 bridgehead atoms. The zero-order valence-corrected chi connectivity index (χ0v) is 12.2. The lowest BCUT2D eigenvalue weighted by molar-refractivity contribution is 0.102. The van der Waals surface area contributed by atoms with Crippen molar-refractivity contribution in [1.82, 2.24) is 0 Å². The lowest BCUT2D eigenvalue weighted by Gasteiger charge is -2.15. The summed E-state index contributed by atoms with van der Waals surface area (Å²) in [5, 5.41) is 6.61. The van der Waals surface area contributed by atoms with Crippen molar-refractivity contribution in [1.29, 1.82) is 0 Å². The molecular formula is C16H17ClN2O. The first-order valence-corrected chi connectivity index (χ1v) is 6.87. The highest BCUT2D eigenvalue weighted by Gasteiger charge is 2.12. The molecule has 0 atom stereocenters. The summed E-state index contributed by atoms with van der Waals surface area (Å²) in [4.78, 5) is 12.4. The summed E-state index contributed by atoms with van der Waals surface area (Å²) in [5.41, 5.74) is 2.02. The molecule has 20 heavy (non-hydrogen) atoms. The van der Waals surface area contributed by atoms with Crippen molar-refractivity contribution in [2.75, 3.05) is 10.6 Å². The lowest BCUT2D eigenvalue weighted by Crippen LogP contribution is -2.17. The minimum Gasteiger partial charge on any atom is -0.382 e. The van der Waals surface area contributed by atoms with E-state index in [1.54, 1.807) is 18.2 Å². The molecule has 3 nitrogen and oxygen atoms in total. The highest BCUT2D eigenvalue weighted by molar-refractivity contribution is 6.34. The smallest absolute Gasteiger partial charge is 0.257 e. The Balaban J connectivity index is 2.23. The minimum atomic E-state index is -0.179. The number of hydrogen-bond acceptors (Lipinski definition) is 2. The predicted octanol–water partition coefficient (Wildman–Crippen LogP) is 4.41. The molecule has 2 aromatic rings. The van der Waals surface area contributed by atoms with Crippen molar-refractivity contribution in [2.24, 2.45) is 0 Å². The van der Waals surface area contributed by atoms with Gasteiger partial charge in [0.25, 0.3) is 5.91 Å². The number of benzene rings is 2. The van der Waals surface area contributed by atoms with Crippen LogP contribution in [0.15, 0.2) is 48.5 Å². The van der Waals surface area contributed by atoms with Crippen LogP contribution in [-0.4, -0.2) is 11.9 Å². The van der Waals surface area contributed by atoms with Gasteiger partial charge < -0.3 is 10.6 Å². The number of nitrogens with one attached hydrogen (secondary N) is 2. The highest BCUT2D eigenvalue weighted by atomic mass is 35.5. The van der Waals surface area contributed by atoms with Gasteiger partial charge in [0.1, 0.15) is 0 Å². The second-order valence-corrected chi connectivity index (χ2v) is 5.19. The van der Waals surface area contributed by atoms with Crippen LogP contribution in [0.25, 0.3) is 0 Å². The van der Waals surface area contributed by atoms with E-state index in [0.29, 0.717) is 16.3 Å². The molecule has 0 saturated heterocycles. The molecule has 2 rings (SSSR count). The molecule has 0 aromatic heterocycles. The number of carbonyl (C=O) groups excluding carboxylic acids is 1. The van der Waals surface area contributed by atoms with Crippen LogP contribution >= 0.6 is 11.6 Å². The molecule has 0 unspecified atom stereocenters. The Bertz CT molecular complexity index is 611. The molecule has 104 valence electrons. The first kappa shape index (κ1) is 14.4. The summed E-state index contributed by atoms with van der Waals surface area (Å²) < 4.78 is 0. The van der Waals surface area contributed by atoms with E-state index in [0.717, 1.165) is 5.69 Å². The number of para-hydroxylation sites is 2. The van der Waals surface area contributed by atoms with E-state index in [4.69, 9.17) is 11.6 Å². The van der Waals surface area contributed by atoms with E-state index in [2.05, 4.69) is 10.6 Å². The minimum absolute atomic E-state index is 0.179. The summed E-state index contributed by atoms with van der Waals surface area (Å²) in [6, 6.07) is 14.9. The van der Waals surface area contributed by atoms with Crippen LogP contribution in [0, 0.1) is 0 Å². The molecule has 0 saturated carbocycles. The molecule has 0 aliphatic carbocycles. The summed E-state index contributed by atoms with van der Waals surface area (Å²) in [5.74, 6) is -0.179. The maximum Gasteiger partial charge on any atom is 0.257 e. The van der Waals surface area contributed by atoms with Gasteiger partial charge in [-0.2, -0.15) is 0 Å². The Morgan fingerprint density at radius 1 is 1.00 bits per heavy atom. The van der Waals surface area contributed by atoms with Crippen LogP contribution in [0.1, 0.15) is 24.2 Å². The maximum absolute atomic E-state index is 12.4. The topological polar surface area (TPSA) is 41.1 Å². The van der Waals surface area contributed by atoms with Crippen molar-refractivity contribution in [3.63, 3.8) is 0 Å². The zero-order valence-electron chi connectivity index (χ0n) is 11.5. The fourth-order valence-electron chi connectivity index (χ4n) is 1.87. The van der Waals surface area contributed by atoms with E-state index in [1.165, 1.54) is 0 Å². The van der Waals surface area contributed by atoms with Crippen molar-refractivity contribution in [3.05, 3.63) is 59.1 Å². The first-order valence-electron chi connectivity index (χ1n) is 6.49. The van der Waals surface area contributed by atoms with E-state index >= 15 is 0 Å². The molecule has 2 N–H and O–H groups in total. The fourth-order valence-corrected chi connectivity index (χ4v) is 2.05. The lowest BCUT2D eigenvalue weighted by atomic mass is 10.1. The van der Waals surface area contributed by atoms with Gasteiger partial charge in [0.05, 0.1) is 16.3 Å². The van der Waals surface area contributed by atoms with Gasteiger partial charge >= 0.3 is 0 Å². The monoisotopic (exact) mass is 288 g/mol. The van der Waals surface area contributed by atoms with E-state index < -0.39 is 0 Å². The summed E-state index contributed by atoms with van der Waals surface area (Å²) in [6.07, 6.45) is 0. The first-order chi connectivity index (χ1) is 9.58. The molecule has 2 aromatic carbocycles. The Kier molecular flexibility index (Phi) is 4.64. The molecular weight excluding hydrogens is 272 g/mol. The third-order valence-electron chi connectivity index (χ3n) is 2.74. The summed E-state index contributed by atoms with van der Waals surface area (Å²) in [6.45, 7) is 4.06. The second kappa shape index (κ2) is 6.44. The standard InChI is InChI=1S/C16H17ClN2O/c1-11(2)18-14-9-5-3-7-12(14)16(20)19-15-10-6-4-8-13(15)17/h3-11,18H,1-2H3,(H,19,20). The number of rotatable bonds is 4. The van der Waals surface area contributed by atoms with Gasteiger partial charge in [-0.25, -0.2) is 0 Å². The van der Waals surface area contributed by atoms with Crippen LogP contribution in [0.2, 0.25) is 5.02 Å². The van der Waals surface area contributed by atoms with Gasteiger partial charge in [-0.15, -0.1) is 0 Å². The number of halogens is 1. The predicted molar refractivity (Wildman–Crippen MR) is 84.6 cm³/mol. The van der Waals surface area contributed by atoms with Crippen LogP contribution in [0.3, 0.4) is 0 Å². The molecule has 1 amide bonds. The molecule has 0 aliphatic heterocycles. The largest absolute Gasteiger partial charge is 0.382 e. The van der Waals surface area contributed by atoms with Crippen LogP contribution < -0.4 is 10.6 Å². The molecule has 0 radical (unpaired) electrons. The van der Waals surface area contributed by atoms with Gasteiger partial charge in [0, 0.05) is 11.7 Å². The van der Waals surface area contributed by atoms with Crippen LogP contribution in [0.4, 0.5) is 11.4 Å². The molecule has 0 heterocycles. The number of anilines is 2. The quantitative estimate of drug-likeness (QED) is 0.875. The van der Waals surface area contributed by atoms with Crippen molar-refractivity contribution in [3.8, 4) is 0 Å². The zero-order chi connectivity index (χ0) is 14.5. The van der Waals surface area contributed by atoms with Crippen molar-refractivity contribution < 1.29 is 4.79 Å². The summed E-state index contributed by atoms with van der Waals surface area (Å²) in [7, 11) is 0. The van der Waals surface area contributed by atoms with E-state index in [-0.39, 0.29) is 11.9 Å². The Hall–Kier alpha value is -2.00. The van der Waals surface area contributed by atoms with Gasteiger partial charge in [-0.05, 0) is 38.1 Å². The number of hydrogen-bond donors (Lipinski definition) is 2. The Morgan fingerprint density at radius 3 is 2.25 bits per heavy atom. The van der Waals surface area contributed by atoms with Crippen LogP contribution in [-0.2, 0) is 0 Å².